The molecule has 21 heavy (non-hydrogen) atoms. The molecular formula is C13H20ClN3O3S. The number of rotatable bonds is 7. The second kappa shape index (κ2) is 7.11. The fourth-order valence-electron chi connectivity index (χ4n) is 1.87. The van der Waals surface area contributed by atoms with E-state index in [-0.39, 0.29) is 28.7 Å². The monoisotopic (exact) mass is 333 g/mol. The lowest BCUT2D eigenvalue weighted by Crippen LogP contribution is -2.39. The third kappa shape index (κ3) is 4.33. The molecular weight excluding hydrogens is 314 g/mol. The van der Waals surface area contributed by atoms with Crippen LogP contribution < -0.4 is 11.5 Å². The number of sulfonamides is 1. The Morgan fingerprint density at radius 3 is 2.52 bits per heavy atom. The molecule has 6 nitrogen and oxygen atoms in total. The van der Waals surface area contributed by atoms with Crippen LogP contribution in [0.3, 0.4) is 0 Å². The van der Waals surface area contributed by atoms with E-state index < -0.39 is 15.9 Å². The van der Waals surface area contributed by atoms with Crippen molar-refractivity contribution in [3.8, 4) is 0 Å². The number of hydrogen-bond acceptors (Lipinski definition) is 4. The number of carbonyl (C=O) groups excluding carboxylic acids is 1. The zero-order valence-corrected chi connectivity index (χ0v) is 13.7. The first kappa shape index (κ1) is 17.7. The summed E-state index contributed by atoms with van der Waals surface area (Å²) in [5.74, 6) is -0.706. The van der Waals surface area contributed by atoms with Crippen LogP contribution in [0.15, 0.2) is 17.0 Å². The minimum Gasteiger partial charge on any atom is -0.398 e. The van der Waals surface area contributed by atoms with Gasteiger partial charge in [-0.2, -0.15) is 4.31 Å². The maximum absolute atomic E-state index is 12.7. The summed E-state index contributed by atoms with van der Waals surface area (Å²) in [7, 11) is -3.88. The van der Waals surface area contributed by atoms with Gasteiger partial charge in [0.15, 0.2) is 0 Å². The normalized spacial score (nSPS) is 11.8. The van der Waals surface area contributed by atoms with Crippen LogP contribution in [0.25, 0.3) is 0 Å². The SMILES string of the molecule is CCCCN(CC(N)=O)S(=O)(=O)c1cc(Cl)cc(N)c1C. The van der Waals surface area contributed by atoms with Crippen molar-refractivity contribution >= 4 is 33.2 Å². The molecule has 118 valence electrons. The van der Waals surface area contributed by atoms with Gasteiger partial charge in [-0.05, 0) is 31.0 Å². The number of primary amides is 1. The van der Waals surface area contributed by atoms with Crippen LogP contribution in [0, 0.1) is 6.92 Å². The first-order valence-corrected chi connectivity index (χ1v) is 8.36. The first-order chi connectivity index (χ1) is 9.70. The Morgan fingerprint density at radius 1 is 1.38 bits per heavy atom. The van der Waals surface area contributed by atoms with Crippen molar-refractivity contribution < 1.29 is 13.2 Å². The van der Waals surface area contributed by atoms with Crippen molar-refractivity contribution in [1.29, 1.82) is 0 Å². The van der Waals surface area contributed by atoms with E-state index in [4.69, 9.17) is 23.1 Å². The Hall–Kier alpha value is -1.31. The minimum absolute atomic E-state index is 0.00449. The number of nitrogen functional groups attached to an aromatic ring is 1. The molecule has 0 unspecified atom stereocenters. The van der Waals surface area contributed by atoms with Gasteiger partial charge in [0.2, 0.25) is 15.9 Å². The molecule has 0 aliphatic rings. The summed E-state index contributed by atoms with van der Waals surface area (Å²) in [4.78, 5) is 11.1. The van der Waals surface area contributed by atoms with Gasteiger partial charge < -0.3 is 11.5 Å². The zero-order valence-electron chi connectivity index (χ0n) is 12.1. The highest BCUT2D eigenvalue weighted by molar-refractivity contribution is 7.89. The van der Waals surface area contributed by atoms with Gasteiger partial charge >= 0.3 is 0 Å². The number of amides is 1. The highest BCUT2D eigenvalue weighted by atomic mass is 35.5. The molecule has 0 fully saturated rings. The molecule has 1 aromatic rings. The van der Waals surface area contributed by atoms with Crippen molar-refractivity contribution in [3.63, 3.8) is 0 Å². The van der Waals surface area contributed by atoms with Crippen molar-refractivity contribution in [1.82, 2.24) is 4.31 Å². The molecule has 0 saturated carbocycles. The standard InChI is InChI=1S/C13H20ClN3O3S/c1-3-4-5-17(8-13(16)18)21(19,20)12-7-10(14)6-11(15)9(12)2/h6-7H,3-5,8,15H2,1-2H3,(H2,16,18). The highest BCUT2D eigenvalue weighted by Crippen LogP contribution is 2.28. The van der Waals surface area contributed by atoms with Crippen molar-refractivity contribution in [3.05, 3.63) is 22.7 Å². The summed E-state index contributed by atoms with van der Waals surface area (Å²) in [5, 5.41) is 0.228. The largest absolute Gasteiger partial charge is 0.398 e. The number of hydrogen-bond donors (Lipinski definition) is 2. The van der Waals surface area contributed by atoms with Gasteiger partial charge in [0.05, 0.1) is 11.4 Å². The average Bonchev–Trinajstić information content (AvgIpc) is 2.38. The van der Waals surface area contributed by atoms with Crippen LogP contribution >= 0.6 is 11.6 Å². The zero-order chi connectivity index (χ0) is 16.2. The minimum atomic E-state index is -3.88. The maximum Gasteiger partial charge on any atom is 0.243 e. The lowest BCUT2D eigenvalue weighted by atomic mass is 10.2. The Labute approximate surface area is 130 Å². The smallest absolute Gasteiger partial charge is 0.243 e. The van der Waals surface area contributed by atoms with Crippen LogP contribution in [0.1, 0.15) is 25.3 Å². The van der Waals surface area contributed by atoms with Crippen LogP contribution in [0.4, 0.5) is 5.69 Å². The summed E-state index contributed by atoms with van der Waals surface area (Å²) < 4.78 is 26.5. The van der Waals surface area contributed by atoms with E-state index in [1.807, 2.05) is 6.92 Å². The van der Waals surface area contributed by atoms with Crippen molar-refractivity contribution in [2.45, 2.75) is 31.6 Å². The number of nitrogens with zero attached hydrogens (tertiary/aromatic N) is 1. The van der Waals surface area contributed by atoms with Gasteiger partial charge in [0, 0.05) is 17.3 Å². The molecule has 0 radical (unpaired) electrons. The van der Waals surface area contributed by atoms with E-state index in [9.17, 15) is 13.2 Å². The molecule has 1 amide bonds. The average molecular weight is 334 g/mol. The predicted octanol–water partition coefficient (Wildman–Crippen LogP) is 1.51. The van der Waals surface area contributed by atoms with Crippen LogP contribution in [0.5, 0.6) is 0 Å². The molecule has 1 aromatic carbocycles. The fraction of sp³-hybridized carbons (Fsp3) is 0.462. The van der Waals surface area contributed by atoms with E-state index >= 15 is 0 Å². The molecule has 0 atom stereocenters. The molecule has 0 aliphatic carbocycles. The second-order valence-corrected chi connectivity index (χ2v) is 7.12. The second-order valence-electron chi connectivity index (χ2n) is 4.78. The van der Waals surface area contributed by atoms with Crippen LogP contribution in [-0.4, -0.2) is 31.7 Å². The molecule has 4 N–H and O–H groups in total. The fourth-order valence-corrected chi connectivity index (χ4v) is 3.89. The number of carbonyl (C=O) groups is 1. The number of halogens is 1. The Bertz CT molecular complexity index is 632. The molecule has 1 rings (SSSR count). The molecule has 0 bridgehead atoms. The van der Waals surface area contributed by atoms with Gasteiger partial charge in [0.25, 0.3) is 0 Å². The summed E-state index contributed by atoms with van der Waals surface area (Å²) in [6.07, 6.45) is 1.42. The van der Waals surface area contributed by atoms with Crippen LogP contribution in [0.2, 0.25) is 5.02 Å². The van der Waals surface area contributed by atoms with E-state index in [1.165, 1.54) is 12.1 Å². The molecule has 0 spiro atoms. The van der Waals surface area contributed by atoms with Gasteiger partial charge in [-0.25, -0.2) is 8.42 Å². The first-order valence-electron chi connectivity index (χ1n) is 6.54. The van der Waals surface area contributed by atoms with Crippen molar-refractivity contribution in [2.75, 3.05) is 18.8 Å². The predicted molar refractivity (Wildman–Crippen MR) is 83.5 cm³/mol. The third-order valence-corrected chi connectivity index (χ3v) is 5.27. The molecule has 0 aromatic heterocycles. The number of benzene rings is 1. The van der Waals surface area contributed by atoms with Gasteiger partial charge in [-0.1, -0.05) is 24.9 Å². The summed E-state index contributed by atoms with van der Waals surface area (Å²) in [6.45, 7) is 3.38. The van der Waals surface area contributed by atoms with Gasteiger partial charge in [0.1, 0.15) is 0 Å². The summed E-state index contributed by atoms with van der Waals surface area (Å²) in [5.41, 5.74) is 11.6. The van der Waals surface area contributed by atoms with Crippen molar-refractivity contribution in [2.24, 2.45) is 5.73 Å². The third-order valence-electron chi connectivity index (χ3n) is 3.08. The number of unbranched alkanes of at least 4 members (excludes halogenated alkanes) is 1. The maximum atomic E-state index is 12.7. The van der Waals surface area contributed by atoms with Gasteiger partial charge in [-0.3, -0.25) is 4.79 Å². The Kier molecular flexibility index (Phi) is 6.00. The molecule has 0 heterocycles. The number of anilines is 1. The molecule has 0 saturated heterocycles. The van der Waals surface area contributed by atoms with E-state index in [0.717, 1.165) is 10.7 Å². The van der Waals surface area contributed by atoms with Gasteiger partial charge in [-0.15, -0.1) is 0 Å². The highest BCUT2D eigenvalue weighted by Gasteiger charge is 2.28. The summed E-state index contributed by atoms with van der Waals surface area (Å²) >= 11 is 5.89. The summed E-state index contributed by atoms with van der Waals surface area (Å²) in [6, 6.07) is 2.82. The number of nitrogens with two attached hydrogens (primary N) is 2. The quantitative estimate of drug-likeness (QED) is 0.737. The lowest BCUT2D eigenvalue weighted by molar-refractivity contribution is -0.118. The Balaban J connectivity index is 3.31. The molecule has 8 heteroatoms. The lowest BCUT2D eigenvalue weighted by Gasteiger charge is -2.22. The Morgan fingerprint density at radius 2 is 2.00 bits per heavy atom. The van der Waals surface area contributed by atoms with Crippen LogP contribution in [-0.2, 0) is 14.8 Å². The molecule has 0 aliphatic heterocycles. The van der Waals surface area contributed by atoms with E-state index in [0.29, 0.717) is 12.0 Å². The van der Waals surface area contributed by atoms with E-state index in [1.54, 1.807) is 6.92 Å². The van der Waals surface area contributed by atoms with E-state index in [2.05, 4.69) is 0 Å². The topological polar surface area (TPSA) is 106 Å².